The minimum absolute atomic E-state index is 0. The van der Waals surface area contributed by atoms with E-state index in [4.69, 9.17) is 4.74 Å². The summed E-state index contributed by atoms with van der Waals surface area (Å²) in [4.78, 5) is 1.22. The van der Waals surface area contributed by atoms with Crippen LogP contribution in [0.4, 0.5) is 0 Å². The molecule has 0 aromatic heterocycles. The van der Waals surface area contributed by atoms with E-state index < -0.39 is 0 Å². The number of fused-ring (bicyclic) bond motifs is 1. The van der Waals surface area contributed by atoms with Gasteiger partial charge in [0, 0.05) is 24.4 Å². The monoisotopic (exact) mass is 328 g/mol. The van der Waals surface area contributed by atoms with E-state index in [-0.39, 0.29) is 12.6 Å². The van der Waals surface area contributed by atoms with Crippen molar-refractivity contribution in [1.82, 2.24) is 5.32 Å². The van der Waals surface area contributed by atoms with E-state index in [9.17, 15) is 5.26 Å². The SMILES string of the molecule is CC1C=C(/C2=C/CCCNCCOc3ccccc32)SC1C#N.[HH]. The molecule has 2 aliphatic rings. The van der Waals surface area contributed by atoms with Crippen molar-refractivity contribution in [2.24, 2.45) is 5.92 Å². The van der Waals surface area contributed by atoms with Gasteiger partial charge >= 0.3 is 0 Å². The summed E-state index contributed by atoms with van der Waals surface area (Å²) in [6.45, 7) is 4.67. The Kier molecular flexibility index (Phi) is 5.43. The molecular weight excluding hydrogens is 304 g/mol. The van der Waals surface area contributed by atoms with Gasteiger partial charge in [0.15, 0.2) is 0 Å². The molecule has 122 valence electrons. The first kappa shape index (κ1) is 16.2. The number of rotatable bonds is 1. The van der Waals surface area contributed by atoms with Crippen molar-refractivity contribution in [3.63, 3.8) is 0 Å². The Hall–Kier alpha value is -1.70. The van der Waals surface area contributed by atoms with E-state index in [1.807, 2.05) is 12.1 Å². The fraction of sp³-hybridized carbons (Fsp3) is 0.421. The zero-order chi connectivity index (χ0) is 16.1. The minimum atomic E-state index is 0. The van der Waals surface area contributed by atoms with Gasteiger partial charge in [0.2, 0.25) is 0 Å². The summed E-state index contributed by atoms with van der Waals surface area (Å²) in [5.41, 5.74) is 2.36. The fourth-order valence-electron chi connectivity index (χ4n) is 2.90. The lowest BCUT2D eigenvalue weighted by Crippen LogP contribution is -2.21. The summed E-state index contributed by atoms with van der Waals surface area (Å²) < 4.78 is 5.98. The topological polar surface area (TPSA) is 45.0 Å². The van der Waals surface area contributed by atoms with Crippen LogP contribution in [0.1, 0.15) is 26.8 Å². The summed E-state index contributed by atoms with van der Waals surface area (Å²) in [6.07, 6.45) is 6.68. The standard InChI is InChI=1S/C19H22N2OS.H2/c1-14-12-18(23-19(14)13-20)16-7-4-5-9-21-10-11-22-17-8-3-2-6-15(16)17;/h2-3,6-8,12,14,19,21H,4-5,9-11H2,1H3;1H/b16-7+;. The van der Waals surface area contributed by atoms with Crippen LogP contribution in [0.25, 0.3) is 5.57 Å². The normalized spacial score (nSPS) is 27.5. The predicted octanol–water partition coefficient (Wildman–Crippen LogP) is 4.24. The van der Waals surface area contributed by atoms with Gasteiger partial charge in [-0.05, 0) is 31.0 Å². The van der Waals surface area contributed by atoms with Crippen LogP contribution in [0.2, 0.25) is 0 Å². The molecule has 1 N–H and O–H groups in total. The third kappa shape index (κ3) is 3.80. The minimum Gasteiger partial charge on any atom is -0.492 e. The van der Waals surface area contributed by atoms with Crippen LogP contribution >= 0.6 is 11.8 Å². The first-order chi connectivity index (χ1) is 11.3. The van der Waals surface area contributed by atoms with Crippen molar-refractivity contribution in [1.29, 1.82) is 5.26 Å². The molecule has 1 aromatic carbocycles. The molecule has 3 rings (SSSR count). The maximum Gasteiger partial charge on any atom is 0.127 e. The van der Waals surface area contributed by atoms with Crippen LogP contribution in [0, 0.1) is 17.2 Å². The van der Waals surface area contributed by atoms with Crippen LogP contribution < -0.4 is 10.1 Å². The van der Waals surface area contributed by atoms with Crippen molar-refractivity contribution in [2.45, 2.75) is 25.0 Å². The van der Waals surface area contributed by atoms with Gasteiger partial charge in [-0.1, -0.05) is 37.3 Å². The van der Waals surface area contributed by atoms with E-state index in [1.54, 1.807) is 11.8 Å². The van der Waals surface area contributed by atoms with Crippen molar-refractivity contribution in [2.75, 3.05) is 19.7 Å². The molecule has 1 aromatic rings. The number of ether oxygens (including phenoxy) is 1. The molecule has 0 spiro atoms. The van der Waals surface area contributed by atoms with E-state index >= 15 is 0 Å². The van der Waals surface area contributed by atoms with Gasteiger partial charge in [-0.2, -0.15) is 5.26 Å². The van der Waals surface area contributed by atoms with E-state index in [0.29, 0.717) is 6.61 Å². The van der Waals surface area contributed by atoms with Gasteiger partial charge in [-0.3, -0.25) is 0 Å². The maximum atomic E-state index is 9.31. The van der Waals surface area contributed by atoms with Gasteiger partial charge < -0.3 is 10.1 Å². The second-order valence-corrected chi connectivity index (χ2v) is 7.10. The van der Waals surface area contributed by atoms with E-state index in [1.165, 1.54) is 10.5 Å². The highest BCUT2D eigenvalue weighted by Gasteiger charge is 2.27. The molecule has 0 fully saturated rings. The number of nitrogens with zero attached hydrogens (tertiary/aromatic N) is 1. The van der Waals surface area contributed by atoms with E-state index in [2.05, 4.69) is 42.6 Å². The maximum absolute atomic E-state index is 9.31. The van der Waals surface area contributed by atoms with E-state index in [0.717, 1.165) is 37.2 Å². The number of hydrogen-bond donors (Lipinski definition) is 1. The average molecular weight is 328 g/mol. The number of para-hydroxylation sites is 1. The molecule has 0 aliphatic carbocycles. The number of hydrogen-bond acceptors (Lipinski definition) is 4. The Morgan fingerprint density at radius 2 is 2.22 bits per heavy atom. The lowest BCUT2D eigenvalue weighted by atomic mass is 9.99. The van der Waals surface area contributed by atoms with Gasteiger partial charge in [-0.25, -0.2) is 0 Å². The molecule has 0 saturated carbocycles. The molecule has 0 radical (unpaired) electrons. The van der Waals surface area contributed by atoms with Crippen molar-refractivity contribution in [3.8, 4) is 11.8 Å². The molecule has 2 unspecified atom stereocenters. The summed E-state index contributed by atoms with van der Waals surface area (Å²) in [5, 5.41) is 12.7. The molecule has 4 heteroatoms. The molecule has 2 atom stereocenters. The molecule has 3 nitrogen and oxygen atoms in total. The first-order valence-electron chi connectivity index (χ1n) is 8.21. The number of allylic oxidation sites excluding steroid dienone is 3. The van der Waals surface area contributed by atoms with Crippen molar-refractivity contribution >= 4 is 17.3 Å². The van der Waals surface area contributed by atoms with Crippen LogP contribution in [0.5, 0.6) is 5.75 Å². The van der Waals surface area contributed by atoms with Crippen molar-refractivity contribution in [3.05, 3.63) is 46.9 Å². The Balaban J connectivity index is 0.00000208. The molecule has 23 heavy (non-hydrogen) atoms. The van der Waals surface area contributed by atoms with Gasteiger partial charge in [0.1, 0.15) is 17.6 Å². The smallest absolute Gasteiger partial charge is 0.127 e. The van der Waals surface area contributed by atoms with Gasteiger partial charge in [0.25, 0.3) is 0 Å². The molecule has 0 amide bonds. The zero-order valence-electron chi connectivity index (χ0n) is 13.4. The first-order valence-corrected chi connectivity index (χ1v) is 9.09. The summed E-state index contributed by atoms with van der Waals surface area (Å²) in [5.74, 6) is 1.21. The van der Waals surface area contributed by atoms with Crippen LogP contribution in [0.15, 0.2) is 41.3 Å². The number of benzene rings is 1. The Morgan fingerprint density at radius 3 is 3.04 bits per heavy atom. The Morgan fingerprint density at radius 1 is 1.35 bits per heavy atom. The third-order valence-corrected chi connectivity index (χ3v) is 5.56. The quantitative estimate of drug-likeness (QED) is 0.837. The second kappa shape index (κ2) is 7.72. The highest BCUT2D eigenvalue weighted by molar-refractivity contribution is 8.04. The largest absolute Gasteiger partial charge is 0.492 e. The van der Waals surface area contributed by atoms with Gasteiger partial charge in [0.05, 0.1) is 6.07 Å². The average Bonchev–Trinajstić information content (AvgIpc) is 2.92. The fourth-order valence-corrected chi connectivity index (χ4v) is 4.13. The highest BCUT2D eigenvalue weighted by atomic mass is 32.2. The van der Waals surface area contributed by atoms with Crippen molar-refractivity contribution < 1.29 is 6.16 Å². The molecule has 2 aliphatic heterocycles. The lowest BCUT2D eigenvalue weighted by molar-refractivity contribution is 0.313. The highest BCUT2D eigenvalue weighted by Crippen LogP contribution is 2.45. The van der Waals surface area contributed by atoms with Crippen LogP contribution in [-0.4, -0.2) is 24.9 Å². The Bertz CT molecular complexity index is 666. The predicted molar refractivity (Wildman–Crippen MR) is 98.4 cm³/mol. The summed E-state index contributed by atoms with van der Waals surface area (Å²) in [6, 6.07) is 10.6. The summed E-state index contributed by atoms with van der Waals surface area (Å²) >= 11 is 1.68. The molecule has 0 saturated heterocycles. The molecule has 0 bridgehead atoms. The Labute approximate surface area is 143 Å². The number of nitriles is 1. The summed E-state index contributed by atoms with van der Waals surface area (Å²) in [7, 11) is 0. The second-order valence-electron chi connectivity index (χ2n) is 5.91. The lowest BCUT2D eigenvalue weighted by Gasteiger charge is -2.15. The zero-order valence-corrected chi connectivity index (χ0v) is 14.2. The van der Waals surface area contributed by atoms with Gasteiger partial charge in [-0.15, -0.1) is 11.8 Å². The number of nitrogens with one attached hydrogen (secondary N) is 1. The number of thioether (sulfide) groups is 1. The van der Waals surface area contributed by atoms with Crippen LogP contribution in [0.3, 0.4) is 0 Å². The third-order valence-electron chi connectivity index (χ3n) is 4.16. The molecular formula is C19H24N2OS. The van der Waals surface area contributed by atoms with Crippen LogP contribution in [-0.2, 0) is 0 Å². The molecule has 2 heterocycles.